The average Bonchev–Trinajstić information content (AvgIpc) is 3.36. The Bertz CT molecular complexity index is 1130. The van der Waals surface area contributed by atoms with E-state index in [-0.39, 0.29) is 5.95 Å². The van der Waals surface area contributed by atoms with Gasteiger partial charge in [-0.25, -0.2) is 9.97 Å². The molecule has 1 aromatic carbocycles. The van der Waals surface area contributed by atoms with Gasteiger partial charge in [-0.1, -0.05) is 0 Å². The summed E-state index contributed by atoms with van der Waals surface area (Å²) in [5, 5.41) is 0. The van der Waals surface area contributed by atoms with E-state index in [1.165, 1.54) is 0 Å². The van der Waals surface area contributed by atoms with E-state index in [0.29, 0.717) is 34.5 Å². The fourth-order valence-electron chi connectivity index (χ4n) is 4.48. The van der Waals surface area contributed by atoms with Crippen LogP contribution in [0.3, 0.4) is 0 Å². The number of methoxy groups -OCH3 is 2. The van der Waals surface area contributed by atoms with E-state index in [4.69, 9.17) is 24.9 Å². The molecule has 10 nitrogen and oxygen atoms in total. The van der Waals surface area contributed by atoms with Gasteiger partial charge in [-0.05, 0) is 31.0 Å². The predicted molar refractivity (Wildman–Crippen MR) is 126 cm³/mol. The molecule has 1 atom stereocenters. The van der Waals surface area contributed by atoms with Crippen LogP contribution in [-0.4, -0.2) is 84.5 Å². The minimum absolute atomic E-state index is 0.201. The van der Waals surface area contributed by atoms with Gasteiger partial charge in [0.15, 0.2) is 28.5 Å². The summed E-state index contributed by atoms with van der Waals surface area (Å²) in [7, 11) is 3.23. The molecule has 2 saturated heterocycles. The first kappa shape index (κ1) is 21.6. The van der Waals surface area contributed by atoms with Gasteiger partial charge in [0, 0.05) is 44.9 Å². The van der Waals surface area contributed by atoms with Crippen molar-refractivity contribution in [2.75, 3.05) is 64.2 Å². The van der Waals surface area contributed by atoms with Gasteiger partial charge >= 0.3 is 0 Å². The molecule has 2 aromatic heterocycles. The van der Waals surface area contributed by atoms with Crippen molar-refractivity contribution in [2.24, 2.45) is 0 Å². The zero-order valence-electron chi connectivity index (χ0n) is 19.0. The van der Waals surface area contributed by atoms with Crippen LogP contribution >= 0.6 is 0 Å². The first-order valence-corrected chi connectivity index (χ1v) is 11.3. The minimum Gasteiger partial charge on any atom is -0.493 e. The minimum atomic E-state index is 0.201. The number of hydrogen-bond acceptors (Lipinski definition) is 10. The third-order valence-electron chi connectivity index (χ3n) is 6.24. The number of nitrogens with two attached hydrogens (primary N) is 1. The maximum absolute atomic E-state index is 6.01. The van der Waals surface area contributed by atoms with Crippen molar-refractivity contribution in [1.29, 1.82) is 0 Å². The lowest BCUT2D eigenvalue weighted by atomic mass is 10.1. The lowest BCUT2D eigenvalue weighted by Gasteiger charge is -2.36. The summed E-state index contributed by atoms with van der Waals surface area (Å²) in [4.78, 5) is 23.0. The van der Waals surface area contributed by atoms with Crippen molar-refractivity contribution < 1.29 is 14.2 Å². The largest absolute Gasteiger partial charge is 0.493 e. The van der Waals surface area contributed by atoms with E-state index in [1.54, 1.807) is 20.4 Å². The Hall–Kier alpha value is -3.24. The number of fused-ring (bicyclic) bond motifs is 1. The van der Waals surface area contributed by atoms with Crippen LogP contribution in [0.15, 0.2) is 24.4 Å². The molecule has 0 bridgehead atoms. The van der Waals surface area contributed by atoms with E-state index >= 15 is 0 Å². The maximum atomic E-state index is 6.01. The Morgan fingerprint density at radius 3 is 2.61 bits per heavy atom. The van der Waals surface area contributed by atoms with E-state index in [1.807, 2.05) is 18.2 Å². The molecule has 1 unspecified atom stereocenters. The summed E-state index contributed by atoms with van der Waals surface area (Å²) in [6.07, 6.45) is 4.38. The second-order valence-corrected chi connectivity index (χ2v) is 8.33. The van der Waals surface area contributed by atoms with Crippen LogP contribution in [0.1, 0.15) is 12.8 Å². The molecule has 0 aliphatic carbocycles. The number of rotatable bonds is 6. The maximum Gasteiger partial charge on any atom is 0.224 e. The SMILES string of the molecule is COc1ccc(-c2cnc3nc(N)nc(N4CCN(CC5CCCO5)CC4)c3n2)cc1OC. The van der Waals surface area contributed by atoms with E-state index in [2.05, 4.69) is 24.8 Å². The Kier molecular flexibility index (Phi) is 6.10. The molecule has 0 spiro atoms. The van der Waals surface area contributed by atoms with Crippen LogP contribution in [0.25, 0.3) is 22.4 Å². The lowest BCUT2D eigenvalue weighted by molar-refractivity contribution is 0.0712. The van der Waals surface area contributed by atoms with Crippen molar-refractivity contribution in [3.63, 3.8) is 0 Å². The molecule has 5 rings (SSSR count). The fraction of sp³-hybridized carbons (Fsp3) is 0.478. The first-order chi connectivity index (χ1) is 16.1. The molecular formula is C23H29N7O3. The lowest BCUT2D eigenvalue weighted by Crippen LogP contribution is -2.49. The second-order valence-electron chi connectivity index (χ2n) is 8.33. The second kappa shape index (κ2) is 9.32. The van der Waals surface area contributed by atoms with Gasteiger partial charge in [-0.2, -0.15) is 9.97 Å². The molecule has 174 valence electrons. The molecule has 10 heteroatoms. The monoisotopic (exact) mass is 451 g/mol. The van der Waals surface area contributed by atoms with Crippen LogP contribution in [0, 0.1) is 0 Å². The molecule has 2 N–H and O–H groups in total. The third kappa shape index (κ3) is 4.49. The van der Waals surface area contributed by atoms with Crippen LogP contribution in [0.4, 0.5) is 11.8 Å². The quantitative estimate of drug-likeness (QED) is 0.597. The number of ether oxygens (including phenoxy) is 3. The Balaban J connectivity index is 1.42. The molecule has 0 saturated carbocycles. The van der Waals surface area contributed by atoms with Gasteiger partial charge < -0.3 is 24.8 Å². The first-order valence-electron chi connectivity index (χ1n) is 11.3. The molecule has 0 radical (unpaired) electrons. The Morgan fingerprint density at radius 1 is 1.06 bits per heavy atom. The molecule has 4 heterocycles. The number of nitrogen functional groups attached to an aromatic ring is 1. The molecule has 3 aromatic rings. The number of benzene rings is 1. The molecule has 33 heavy (non-hydrogen) atoms. The smallest absolute Gasteiger partial charge is 0.224 e. The van der Waals surface area contributed by atoms with Gasteiger partial charge in [0.05, 0.1) is 32.2 Å². The van der Waals surface area contributed by atoms with Gasteiger partial charge in [0.1, 0.15) is 0 Å². The number of hydrogen-bond donors (Lipinski definition) is 1. The Labute approximate surface area is 192 Å². The van der Waals surface area contributed by atoms with E-state index in [9.17, 15) is 0 Å². The van der Waals surface area contributed by atoms with Crippen LogP contribution in [0.2, 0.25) is 0 Å². The predicted octanol–water partition coefficient (Wildman–Crippen LogP) is 1.99. The van der Waals surface area contributed by atoms with E-state index < -0.39 is 0 Å². The van der Waals surface area contributed by atoms with Crippen molar-refractivity contribution >= 4 is 22.9 Å². The van der Waals surface area contributed by atoms with Crippen LogP contribution in [-0.2, 0) is 4.74 Å². The normalized spacial score (nSPS) is 19.2. The highest BCUT2D eigenvalue weighted by Crippen LogP contribution is 2.32. The number of aromatic nitrogens is 4. The topological polar surface area (TPSA) is 112 Å². The molecule has 2 aliphatic heterocycles. The summed E-state index contributed by atoms with van der Waals surface area (Å²) in [5.74, 6) is 2.22. The zero-order chi connectivity index (χ0) is 22.8. The summed E-state index contributed by atoms with van der Waals surface area (Å²) >= 11 is 0. The third-order valence-corrected chi connectivity index (χ3v) is 6.24. The van der Waals surface area contributed by atoms with Gasteiger partial charge in [0.25, 0.3) is 0 Å². The van der Waals surface area contributed by atoms with Crippen molar-refractivity contribution in [3.05, 3.63) is 24.4 Å². The standard InChI is InChI=1S/C23H29N7O3/c1-31-18-6-5-15(12-19(18)32-2)17-13-25-21-20(26-17)22(28-23(24)27-21)30-9-7-29(8-10-30)14-16-4-3-11-33-16/h5-6,12-13,16H,3-4,7-11,14H2,1-2H3,(H2,24,25,27,28). The van der Waals surface area contributed by atoms with Crippen LogP contribution < -0.4 is 20.1 Å². The van der Waals surface area contributed by atoms with Crippen molar-refractivity contribution in [2.45, 2.75) is 18.9 Å². The molecule has 0 amide bonds. The van der Waals surface area contributed by atoms with Gasteiger partial charge in [-0.3, -0.25) is 4.90 Å². The number of nitrogens with zero attached hydrogens (tertiary/aromatic N) is 6. The van der Waals surface area contributed by atoms with Crippen molar-refractivity contribution in [1.82, 2.24) is 24.8 Å². The van der Waals surface area contributed by atoms with Gasteiger partial charge in [0.2, 0.25) is 5.95 Å². The number of piperazine rings is 1. The average molecular weight is 452 g/mol. The summed E-state index contributed by atoms with van der Waals surface area (Å²) in [6.45, 7) is 5.42. The van der Waals surface area contributed by atoms with E-state index in [0.717, 1.165) is 63.6 Å². The Morgan fingerprint density at radius 2 is 1.88 bits per heavy atom. The van der Waals surface area contributed by atoms with Gasteiger partial charge in [-0.15, -0.1) is 0 Å². The summed E-state index contributed by atoms with van der Waals surface area (Å²) in [6, 6.07) is 5.67. The fourth-order valence-corrected chi connectivity index (χ4v) is 4.48. The highest BCUT2D eigenvalue weighted by Gasteiger charge is 2.25. The highest BCUT2D eigenvalue weighted by molar-refractivity contribution is 5.86. The van der Waals surface area contributed by atoms with Crippen molar-refractivity contribution in [3.8, 4) is 22.8 Å². The highest BCUT2D eigenvalue weighted by atomic mass is 16.5. The zero-order valence-corrected chi connectivity index (χ0v) is 19.0. The molecule has 2 aliphatic rings. The summed E-state index contributed by atoms with van der Waals surface area (Å²) in [5.41, 5.74) is 8.72. The van der Waals surface area contributed by atoms with Crippen LogP contribution in [0.5, 0.6) is 11.5 Å². The molecular weight excluding hydrogens is 422 g/mol. The molecule has 2 fully saturated rings. The summed E-state index contributed by atoms with van der Waals surface area (Å²) < 4.78 is 16.6. The number of anilines is 2.